The van der Waals surface area contributed by atoms with E-state index >= 15 is 0 Å². The van der Waals surface area contributed by atoms with Crippen molar-refractivity contribution in [3.8, 4) is 34.5 Å². The average molecular weight is 348 g/mol. The molecule has 1 aliphatic heterocycles. The fraction of sp³-hybridized carbons (Fsp3) is 0.143. The van der Waals surface area contributed by atoms with Crippen molar-refractivity contribution in [2.45, 2.75) is 0 Å². The maximum absolute atomic E-state index is 6.18. The van der Waals surface area contributed by atoms with Gasteiger partial charge in [0, 0.05) is 0 Å². The van der Waals surface area contributed by atoms with Crippen LogP contribution in [0.1, 0.15) is 0 Å². The Morgan fingerprint density at radius 1 is 0.810 bits per heavy atom. The monoisotopic (exact) mass is 346 g/mol. The molecule has 4 nitrogen and oxygen atoms in total. The molecule has 0 spiro atoms. The van der Waals surface area contributed by atoms with E-state index in [9.17, 15) is 0 Å². The largest absolute Gasteiger partial charge is 0.493 e. The highest BCUT2D eigenvalue weighted by molar-refractivity contribution is 6.49. The minimum atomic E-state index is 0.142. The number of hydrogen-bond donors (Lipinski definition) is 0. The van der Waals surface area contributed by atoms with Crippen LogP contribution in [0.15, 0.2) is 18.2 Å². The second kappa shape index (κ2) is 5.37. The van der Waals surface area contributed by atoms with Gasteiger partial charge in [-0.15, -0.1) is 0 Å². The first-order valence-electron chi connectivity index (χ1n) is 5.85. The van der Waals surface area contributed by atoms with Gasteiger partial charge in [-0.1, -0.05) is 40.9 Å². The van der Waals surface area contributed by atoms with Crippen molar-refractivity contribution in [3.05, 3.63) is 33.3 Å². The van der Waals surface area contributed by atoms with E-state index in [0.717, 1.165) is 0 Å². The van der Waals surface area contributed by atoms with Gasteiger partial charge in [0.2, 0.25) is 11.5 Å². The Labute approximate surface area is 136 Å². The van der Waals surface area contributed by atoms with Gasteiger partial charge in [0.05, 0.1) is 19.2 Å². The summed E-state index contributed by atoms with van der Waals surface area (Å²) in [6.45, 7) is 0. The minimum absolute atomic E-state index is 0.142. The predicted octanol–water partition coefficient (Wildman–Crippen LogP) is 5.56. The van der Waals surface area contributed by atoms with E-state index in [1.807, 2.05) is 0 Å². The molecular weight excluding hydrogens is 339 g/mol. The normalized spacial score (nSPS) is 11.9. The summed E-state index contributed by atoms with van der Waals surface area (Å²) in [6, 6.07) is 5.25. The van der Waals surface area contributed by atoms with E-state index < -0.39 is 0 Å². The Hall–Kier alpha value is -1.49. The van der Waals surface area contributed by atoms with Gasteiger partial charge < -0.3 is 18.9 Å². The molecule has 0 amide bonds. The zero-order chi connectivity index (χ0) is 15.1. The van der Waals surface area contributed by atoms with E-state index in [2.05, 4.69) is 0 Å². The Morgan fingerprint density at radius 3 is 2.24 bits per heavy atom. The van der Waals surface area contributed by atoms with Crippen molar-refractivity contribution in [2.75, 3.05) is 14.2 Å². The van der Waals surface area contributed by atoms with Crippen molar-refractivity contribution >= 4 is 34.8 Å². The maximum atomic E-state index is 6.18. The summed E-state index contributed by atoms with van der Waals surface area (Å²) in [5.74, 6) is 2.15. The molecule has 2 aromatic carbocycles. The van der Waals surface area contributed by atoms with Crippen LogP contribution >= 0.6 is 34.8 Å². The summed E-state index contributed by atoms with van der Waals surface area (Å²) >= 11 is 18.4. The summed E-state index contributed by atoms with van der Waals surface area (Å²) < 4.78 is 22.1. The van der Waals surface area contributed by atoms with Gasteiger partial charge in [0.25, 0.3) is 0 Å². The third-order valence-corrected chi connectivity index (χ3v) is 4.27. The molecule has 0 atom stereocenters. The number of hydrogen-bond acceptors (Lipinski definition) is 4. The molecule has 0 bridgehead atoms. The lowest BCUT2D eigenvalue weighted by Gasteiger charge is -2.25. The lowest BCUT2D eigenvalue weighted by Crippen LogP contribution is -2.04. The van der Waals surface area contributed by atoms with Crippen molar-refractivity contribution in [2.24, 2.45) is 0 Å². The topological polar surface area (TPSA) is 36.9 Å². The Balaban J connectivity index is 2.24. The van der Waals surface area contributed by atoms with E-state index in [4.69, 9.17) is 53.8 Å². The molecule has 3 rings (SSSR count). The first-order chi connectivity index (χ1) is 10.1. The van der Waals surface area contributed by atoms with Crippen LogP contribution < -0.4 is 18.9 Å². The van der Waals surface area contributed by atoms with Gasteiger partial charge in [-0.3, -0.25) is 0 Å². The molecule has 2 aromatic rings. The molecule has 0 aromatic heterocycles. The van der Waals surface area contributed by atoms with Gasteiger partial charge in [0.15, 0.2) is 23.0 Å². The van der Waals surface area contributed by atoms with E-state index in [1.165, 1.54) is 14.2 Å². The number of methoxy groups -OCH3 is 2. The standard InChI is InChI=1S/C14H9Cl3O4/c1-18-6-4-3-5-7-11(6)21-14-12(19-2)9(16)8(15)10(17)13(14)20-7/h3-5H,1-2H3. The highest BCUT2D eigenvalue weighted by Crippen LogP contribution is 2.59. The lowest BCUT2D eigenvalue weighted by molar-refractivity contribution is 0.309. The summed E-state index contributed by atoms with van der Waals surface area (Å²) in [5.41, 5.74) is 0. The molecule has 1 heterocycles. The van der Waals surface area contributed by atoms with Crippen LogP contribution in [0, 0.1) is 0 Å². The van der Waals surface area contributed by atoms with Crippen molar-refractivity contribution in [3.63, 3.8) is 0 Å². The molecule has 0 N–H and O–H groups in total. The Morgan fingerprint density at radius 2 is 1.57 bits per heavy atom. The van der Waals surface area contributed by atoms with Gasteiger partial charge in [-0.25, -0.2) is 0 Å². The zero-order valence-electron chi connectivity index (χ0n) is 11.0. The van der Waals surface area contributed by atoms with E-state index in [-0.39, 0.29) is 32.3 Å². The van der Waals surface area contributed by atoms with Crippen LogP contribution in [-0.2, 0) is 0 Å². The molecule has 0 radical (unpaired) electrons. The lowest BCUT2D eigenvalue weighted by atomic mass is 10.2. The summed E-state index contributed by atoms with van der Waals surface area (Å²) in [7, 11) is 2.99. The fourth-order valence-corrected chi connectivity index (χ4v) is 2.71. The molecular formula is C14H9Cl3O4. The Bertz CT molecular complexity index is 731. The SMILES string of the molecule is COc1cccc2c1Oc1c(OC)c(Cl)c(Cl)c(Cl)c1O2. The van der Waals surface area contributed by atoms with Crippen molar-refractivity contribution in [1.82, 2.24) is 0 Å². The number of fused-ring (bicyclic) bond motifs is 2. The van der Waals surface area contributed by atoms with Gasteiger partial charge in [0.1, 0.15) is 10.0 Å². The Kier molecular flexibility index (Phi) is 3.69. The maximum Gasteiger partial charge on any atom is 0.215 e. The number of ether oxygens (including phenoxy) is 4. The third kappa shape index (κ3) is 2.14. The number of halogens is 3. The molecule has 0 unspecified atom stereocenters. The van der Waals surface area contributed by atoms with Crippen LogP contribution in [-0.4, -0.2) is 14.2 Å². The van der Waals surface area contributed by atoms with Gasteiger partial charge in [-0.2, -0.15) is 0 Å². The second-order valence-electron chi connectivity index (χ2n) is 4.13. The molecule has 0 saturated heterocycles. The first kappa shape index (κ1) is 14.4. The zero-order valence-corrected chi connectivity index (χ0v) is 13.3. The van der Waals surface area contributed by atoms with Crippen molar-refractivity contribution in [1.29, 1.82) is 0 Å². The first-order valence-corrected chi connectivity index (χ1v) is 6.99. The molecule has 21 heavy (non-hydrogen) atoms. The predicted molar refractivity (Wildman–Crippen MR) is 81.2 cm³/mol. The quantitative estimate of drug-likeness (QED) is 0.569. The van der Waals surface area contributed by atoms with Crippen LogP contribution in [0.4, 0.5) is 0 Å². The minimum Gasteiger partial charge on any atom is -0.493 e. The second-order valence-corrected chi connectivity index (χ2v) is 5.26. The summed E-state index contributed by atoms with van der Waals surface area (Å²) in [5, 5.41) is 0.458. The van der Waals surface area contributed by atoms with Crippen LogP contribution in [0.3, 0.4) is 0 Å². The third-order valence-electron chi connectivity index (χ3n) is 2.98. The van der Waals surface area contributed by atoms with Crippen LogP contribution in [0.5, 0.6) is 34.5 Å². The van der Waals surface area contributed by atoms with Crippen molar-refractivity contribution < 1.29 is 18.9 Å². The number of rotatable bonds is 2. The molecule has 1 aliphatic rings. The highest BCUT2D eigenvalue weighted by atomic mass is 35.5. The van der Waals surface area contributed by atoms with Gasteiger partial charge >= 0.3 is 0 Å². The smallest absolute Gasteiger partial charge is 0.215 e. The highest BCUT2D eigenvalue weighted by Gasteiger charge is 2.31. The summed E-state index contributed by atoms with van der Waals surface area (Å²) in [6.07, 6.45) is 0. The van der Waals surface area contributed by atoms with Crippen LogP contribution in [0.2, 0.25) is 15.1 Å². The fourth-order valence-electron chi connectivity index (χ4n) is 2.01. The molecule has 0 fully saturated rings. The molecule has 7 heteroatoms. The van der Waals surface area contributed by atoms with E-state index in [1.54, 1.807) is 18.2 Å². The summed E-state index contributed by atoms with van der Waals surface area (Å²) in [4.78, 5) is 0. The molecule has 0 aliphatic carbocycles. The molecule has 0 saturated carbocycles. The molecule has 110 valence electrons. The van der Waals surface area contributed by atoms with Crippen LogP contribution in [0.25, 0.3) is 0 Å². The number of benzene rings is 2. The number of para-hydroxylation sites is 1. The average Bonchev–Trinajstić information content (AvgIpc) is 2.51. The van der Waals surface area contributed by atoms with E-state index in [0.29, 0.717) is 17.2 Å². The van der Waals surface area contributed by atoms with Gasteiger partial charge in [-0.05, 0) is 12.1 Å².